The van der Waals surface area contributed by atoms with Gasteiger partial charge in [0.1, 0.15) is 0 Å². The molecule has 20 heavy (non-hydrogen) atoms. The van der Waals surface area contributed by atoms with Gasteiger partial charge in [0, 0.05) is 15.5 Å². The molecule has 0 heterocycles. The van der Waals surface area contributed by atoms with E-state index in [1.54, 1.807) is 11.8 Å². The summed E-state index contributed by atoms with van der Waals surface area (Å²) in [5.74, 6) is 0. The Morgan fingerprint density at radius 1 is 0.600 bits per heavy atom. The van der Waals surface area contributed by atoms with Gasteiger partial charge < -0.3 is 5.73 Å². The Hall–Kier alpha value is -2.19. The number of nitrogen functional groups attached to an aromatic ring is 1. The molecule has 0 aliphatic carbocycles. The molecular weight excluding hydrogens is 262 g/mol. The molecule has 3 rings (SSSR count). The van der Waals surface area contributed by atoms with E-state index in [4.69, 9.17) is 5.73 Å². The van der Waals surface area contributed by atoms with Gasteiger partial charge in [-0.1, -0.05) is 60.3 Å². The van der Waals surface area contributed by atoms with Crippen molar-refractivity contribution < 1.29 is 0 Å². The minimum absolute atomic E-state index is 0.796. The van der Waals surface area contributed by atoms with Crippen LogP contribution in [0.5, 0.6) is 0 Å². The first-order chi connectivity index (χ1) is 9.81. The summed E-state index contributed by atoms with van der Waals surface area (Å²) < 4.78 is 0. The highest BCUT2D eigenvalue weighted by molar-refractivity contribution is 7.99. The van der Waals surface area contributed by atoms with Crippen LogP contribution in [0.1, 0.15) is 0 Å². The summed E-state index contributed by atoms with van der Waals surface area (Å²) in [6.07, 6.45) is 0. The van der Waals surface area contributed by atoms with E-state index in [-0.39, 0.29) is 0 Å². The molecule has 0 aromatic heterocycles. The third kappa shape index (κ3) is 3.03. The van der Waals surface area contributed by atoms with Crippen LogP contribution < -0.4 is 5.73 Å². The zero-order valence-electron chi connectivity index (χ0n) is 11.0. The van der Waals surface area contributed by atoms with Crippen molar-refractivity contribution in [2.24, 2.45) is 0 Å². The highest BCUT2D eigenvalue weighted by Gasteiger charge is 2.03. The third-order valence-corrected chi connectivity index (χ3v) is 3.99. The lowest BCUT2D eigenvalue weighted by molar-refractivity contribution is 1.40. The number of hydrogen-bond donors (Lipinski definition) is 1. The molecule has 0 saturated heterocycles. The van der Waals surface area contributed by atoms with Crippen LogP contribution in [0, 0.1) is 0 Å². The van der Waals surface area contributed by atoms with E-state index in [0.29, 0.717) is 0 Å². The predicted octanol–water partition coefficient (Wildman–Crippen LogP) is 5.09. The van der Waals surface area contributed by atoms with Gasteiger partial charge in [0.05, 0.1) is 0 Å². The van der Waals surface area contributed by atoms with Crippen molar-refractivity contribution in [3.63, 3.8) is 0 Å². The van der Waals surface area contributed by atoms with Crippen LogP contribution in [-0.4, -0.2) is 0 Å². The van der Waals surface area contributed by atoms with Crippen molar-refractivity contribution >= 4 is 17.4 Å². The van der Waals surface area contributed by atoms with Crippen LogP contribution in [0.4, 0.5) is 5.69 Å². The Labute approximate surface area is 123 Å². The normalized spacial score (nSPS) is 10.4. The molecule has 0 unspecified atom stereocenters. The molecule has 1 nitrogen and oxygen atoms in total. The Morgan fingerprint density at radius 2 is 1.25 bits per heavy atom. The van der Waals surface area contributed by atoms with Crippen molar-refractivity contribution in [2.75, 3.05) is 5.73 Å². The quantitative estimate of drug-likeness (QED) is 0.675. The average Bonchev–Trinajstić information content (AvgIpc) is 2.49. The highest BCUT2D eigenvalue weighted by Crippen LogP contribution is 2.32. The van der Waals surface area contributed by atoms with Crippen LogP contribution >= 0.6 is 11.8 Å². The zero-order valence-corrected chi connectivity index (χ0v) is 11.8. The van der Waals surface area contributed by atoms with Crippen LogP contribution in [0.25, 0.3) is 11.1 Å². The van der Waals surface area contributed by atoms with Crippen molar-refractivity contribution in [1.82, 2.24) is 0 Å². The van der Waals surface area contributed by atoms with Crippen LogP contribution in [0.2, 0.25) is 0 Å². The molecule has 2 heteroatoms. The second kappa shape index (κ2) is 5.85. The maximum Gasteiger partial charge on any atom is 0.0331 e. The van der Waals surface area contributed by atoms with E-state index < -0.39 is 0 Å². The largest absolute Gasteiger partial charge is 0.399 e. The summed E-state index contributed by atoms with van der Waals surface area (Å²) in [6, 6.07) is 26.9. The Balaban J connectivity index is 1.95. The molecule has 0 saturated carbocycles. The lowest BCUT2D eigenvalue weighted by atomic mass is 10.1. The van der Waals surface area contributed by atoms with Gasteiger partial charge >= 0.3 is 0 Å². The van der Waals surface area contributed by atoms with Gasteiger partial charge in [-0.15, -0.1) is 0 Å². The standard InChI is InChI=1S/C18H15NS/c19-16-11-15(14-7-3-1-4-8-14)12-18(13-16)20-17-9-5-2-6-10-17/h1-13H,19H2. The number of nitrogens with two attached hydrogens (primary N) is 1. The first-order valence-corrected chi connectivity index (χ1v) is 7.32. The average molecular weight is 277 g/mol. The van der Waals surface area contributed by atoms with E-state index in [0.717, 1.165) is 16.1 Å². The second-order valence-corrected chi connectivity index (χ2v) is 5.72. The summed E-state index contributed by atoms with van der Waals surface area (Å²) in [6.45, 7) is 0. The van der Waals surface area contributed by atoms with Gasteiger partial charge in [-0.2, -0.15) is 0 Å². The number of anilines is 1. The van der Waals surface area contributed by atoms with Crippen LogP contribution in [-0.2, 0) is 0 Å². The minimum atomic E-state index is 0.796. The number of benzene rings is 3. The monoisotopic (exact) mass is 277 g/mol. The summed E-state index contributed by atoms with van der Waals surface area (Å²) in [4.78, 5) is 2.38. The molecule has 3 aromatic carbocycles. The van der Waals surface area contributed by atoms with Crippen molar-refractivity contribution in [3.8, 4) is 11.1 Å². The predicted molar refractivity (Wildman–Crippen MR) is 86.9 cm³/mol. The van der Waals surface area contributed by atoms with Gasteiger partial charge in [0.15, 0.2) is 0 Å². The van der Waals surface area contributed by atoms with Crippen LogP contribution in [0.3, 0.4) is 0 Å². The first-order valence-electron chi connectivity index (χ1n) is 6.50. The van der Waals surface area contributed by atoms with E-state index in [1.165, 1.54) is 10.5 Å². The van der Waals surface area contributed by atoms with Gasteiger partial charge in [-0.05, 0) is 41.5 Å². The Morgan fingerprint density at radius 3 is 1.95 bits per heavy atom. The van der Waals surface area contributed by atoms with Crippen LogP contribution in [0.15, 0.2) is 88.7 Å². The molecule has 2 N–H and O–H groups in total. The van der Waals surface area contributed by atoms with Gasteiger partial charge in [-0.3, -0.25) is 0 Å². The van der Waals surface area contributed by atoms with E-state index >= 15 is 0 Å². The van der Waals surface area contributed by atoms with E-state index in [9.17, 15) is 0 Å². The maximum atomic E-state index is 6.04. The molecule has 0 spiro atoms. The molecule has 0 aliphatic rings. The summed E-state index contributed by atoms with van der Waals surface area (Å²) in [7, 11) is 0. The molecule has 0 atom stereocenters. The van der Waals surface area contributed by atoms with Crippen molar-refractivity contribution in [1.29, 1.82) is 0 Å². The van der Waals surface area contributed by atoms with E-state index in [1.807, 2.05) is 48.5 Å². The Kier molecular flexibility index (Phi) is 3.75. The molecule has 0 amide bonds. The smallest absolute Gasteiger partial charge is 0.0331 e. The minimum Gasteiger partial charge on any atom is -0.399 e. The number of hydrogen-bond acceptors (Lipinski definition) is 2. The van der Waals surface area contributed by atoms with Crippen molar-refractivity contribution in [2.45, 2.75) is 9.79 Å². The molecular formula is C18H15NS. The van der Waals surface area contributed by atoms with E-state index in [2.05, 4.69) is 30.3 Å². The molecule has 0 aliphatic heterocycles. The van der Waals surface area contributed by atoms with Gasteiger partial charge in [-0.25, -0.2) is 0 Å². The fourth-order valence-electron chi connectivity index (χ4n) is 2.10. The topological polar surface area (TPSA) is 26.0 Å². The lowest BCUT2D eigenvalue weighted by Crippen LogP contribution is -1.87. The maximum absolute atomic E-state index is 6.04. The summed E-state index contributed by atoms with van der Waals surface area (Å²) in [5.41, 5.74) is 9.18. The van der Waals surface area contributed by atoms with Gasteiger partial charge in [0.2, 0.25) is 0 Å². The fourth-order valence-corrected chi connectivity index (χ4v) is 3.05. The number of rotatable bonds is 3. The highest BCUT2D eigenvalue weighted by atomic mass is 32.2. The van der Waals surface area contributed by atoms with Crippen molar-refractivity contribution in [3.05, 3.63) is 78.9 Å². The molecule has 0 bridgehead atoms. The molecule has 98 valence electrons. The molecule has 0 fully saturated rings. The zero-order chi connectivity index (χ0) is 13.8. The first kappa shape index (κ1) is 12.8. The fraction of sp³-hybridized carbons (Fsp3) is 0. The summed E-state index contributed by atoms with van der Waals surface area (Å²) in [5, 5.41) is 0. The van der Waals surface area contributed by atoms with Gasteiger partial charge in [0.25, 0.3) is 0 Å². The Bertz CT molecular complexity index is 693. The second-order valence-electron chi connectivity index (χ2n) is 4.57. The molecule has 0 radical (unpaired) electrons. The SMILES string of the molecule is Nc1cc(Sc2ccccc2)cc(-c2ccccc2)c1. The summed E-state index contributed by atoms with van der Waals surface area (Å²) >= 11 is 1.73. The molecule has 3 aromatic rings. The third-order valence-electron chi connectivity index (χ3n) is 3.01. The lowest BCUT2D eigenvalue weighted by Gasteiger charge is -2.07.